The van der Waals surface area contributed by atoms with Gasteiger partial charge in [-0.25, -0.2) is 0 Å². The van der Waals surface area contributed by atoms with E-state index in [2.05, 4.69) is 9.97 Å². The molecule has 0 aliphatic heterocycles. The Morgan fingerprint density at radius 3 is 2.86 bits per heavy atom. The molecular weight excluding hydrogens is 233 g/mol. The van der Waals surface area contributed by atoms with E-state index in [0.29, 0.717) is 0 Å². The molecule has 14 heavy (non-hydrogen) atoms. The first-order valence-electron chi connectivity index (χ1n) is 3.34. The van der Waals surface area contributed by atoms with Crippen LogP contribution in [0.15, 0.2) is 5.03 Å². The van der Waals surface area contributed by atoms with Gasteiger partial charge in [0.05, 0.1) is 5.75 Å². The predicted molar refractivity (Wildman–Crippen MR) is 49.8 cm³/mol. The molecule has 0 aliphatic carbocycles. The second-order valence-corrected chi connectivity index (χ2v) is 3.52. The highest BCUT2D eigenvalue weighted by Gasteiger charge is 2.12. The third-order valence-corrected chi connectivity index (χ3v) is 2.60. The molecule has 1 aromatic rings. The summed E-state index contributed by atoms with van der Waals surface area (Å²) in [6.07, 6.45) is -1.03. The molecule has 0 fully saturated rings. The molecule has 0 saturated carbocycles. The smallest absolute Gasteiger partial charge is 0.313 e. The zero-order chi connectivity index (χ0) is 10.7. The van der Waals surface area contributed by atoms with E-state index in [-0.39, 0.29) is 21.6 Å². The van der Waals surface area contributed by atoms with Gasteiger partial charge in [-0.05, 0) is 0 Å². The van der Waals surface area contributed by atoms with Crippen LogP contribution in [0.3, 0.4) is 0 Å². The van der Waals surface area contributed by atoms with Crippen LogP contribution >= 0.6 is 23.4 Å². The highest BCUT2D eigenvalue weighted by molar-refractivity contribution is 8.00. The van der Waals surface area contributed by atoms with Gasteiger partial charge in [0.2, 0.25) is 0 Å². The molecule has 0 radical (unpaired) electrons. The number of aliphatic carboxylic acids is 1. The number of aromatic nitrogens is 2. The fourth-order valence-electron chi connectivity index (χ4n) is 0.642. The standard InChI is InChI=1S/C6H5ClFN3O2S/c7-3-4(9)10-6(8)11-5(3)14-1-2(12)13/h1H2,(H,12,13)(H2,9,10,11). The van der Waals surface area contributed by atoms with Crippen molar-refractivity contribution in [2.75, 3.05) is 11.5 Å². The lowest BCUT2D eigenvalue weighted by molar-refractivity contribution is -0.133. The Morgan fingerprint density at radius 2 is 2.29 bits per heavy atom. The Morgan fingerprint density at radius 1 is 1.64 bits per heavy atom. The quantitative estimate of drug-likeness (QED) is 0.464. The van der Waals surface area contributed by atoms with E-state index < -0.39 is 12.0 Å². The van der Waals surface area contributed by atoms with Gasteiger partial charge in [-0.1, -0.05) is 23.4 Å². The summed E-state index contributed by atoms with van der Waals surface area (Å²) in [6, 6.07) is 0. The Bertz CT molecular complexity index is 376. The van der Waals surface area contributed by atoms with E-state index in [1.54, 1.807) is 0 Å². The van der Waals surface area contributed by atoms with Crippen molar-refractivity contribution in [3.63, 3.8) is 0 Å². The number of hydrogen-bond acceptors (Lipinski definition) is 5. The Balaban J connectivity index is 2.90. The fraction of sp³-hybridized carbons (Fsp3) is 0.167. The van der Waals surface area contributed by atoms with E-state index in [0.717, 1.165) is 11.8 Å². The van der Waals surface area contributed by atoms with Crippen molar-refractivity contribution >= 4 is 35.1 Å². The van der Waals surface area contributed by atoms with Crippen LogP contribution in [-0.2, 0) is 4.79 Å². The van der Waals surface area contributed by atoms with Gasteiger partial charge in [-0.2, -0.15) is 14.4 Å². The number of nitrogen functional groups attached to an aromatic ring is 1. The molecule has 1 heterocycles. The van der Waals surface area contributed by atoms with E-state index in [1.807, 2.05) is 0 Å². The Hall–Kier alpha value is -1.08. The van der Waals surface area contributed by atoms with Gasteiger partial charge in [0.25, 0.3) is 0 Å². The van der Waals surface area contributed by atoms with Crippen molar-refractivity contribution in [2.45, 2.75) is 5.03 Å². The zero-order valence-corrected chi connectivity index (χ0v) is 8.27. The average Bonchev–Trinajstić information content (AvgIpc) is 2.08. The van der Waals surface area contributed by atoms with Crippen LogP contribution in [0.1, 0.15) is 0 Å². The molecular formula is C6H5ClFN3O2S. The van der Waals surface area contributed by atoms with Gasteiger partial charge in [0.15, 0.2) is 0 Å². The number of thioether (sulfide) groups is 1. The van der Waals surface area contributed by atoms with Gasteiger partial charge in [-0.15, -0.1) is 0 Å². The molecule has 5 nitrogen and oxygen atoms in total. The molecule has 3 N–H and O–H groups in total. The monoisotopic (exact) mass is 237 g/mol. The average molecular weight is 238 g/mol. The largest absolute Gasteiger partial charge is 0.481 e. The summed E-state index contributed by atoms with van der Waals surface area (Å²) in [6.45, 7) is 0. The van der Waals surface area contributed by atoms with Crippen molar-refractivity contribution in [1.82, 2.24) is 9.97 Å². The molecule has 1 aromatic heterocycles. The molecule has 0 spiro atoms. The fourth-order valence-corrected chi connectivity index (χ4v) is 1.52. The molecule has 1 rings (SSSR count). The number of rotatable bonds is 3. The number of nitrogens with zero attached hydrogens (tertiary/aromatic N) is 2. The van der Waals surface area contributed by atoms with Gasteiger partial charge in [-0.3, -0.25) is 4.79 Å². The van der Waals surface area contributed by atoms with Crippen LogP contribution < -0.4 is 5.73 Å². The van der Waals surface area contributed by atoms with Crippen LogP contribution in [0.25, 0.3) is 0 Å². The van der Waals surface area contributed by atoms with Crippen molar-refractivity contribution in [1.29, 1.82) is 0 Å². The predicted octanol–water partition coefficient (Wildman–Crippen LogP) is 1.03. The zero-order valence-electron chi connectivity index (χ0n) is 6.70. The molecule has 0 amide bonds. The molecule has 0 atom stereocenters. The molecule has 8 heteroatoms. The Kier molecular flexibility index (Phi) is 3.48. The highest BCUT2D eigenvalue weighted by Crippen LogP contribution is 2.28. The third kappa shape index (κ3) is 2.71. The summed E-state index contributed by atoms with van der Waals surface area (Å²) in [7, 11) is 0. The minimum absolute atomic E-state index is 0.0269. The summed E-state index contributed by atoms with van der Waals surface area (Å²) in [5.41, 5.74) is 5.24. The number of halogens is 2. The van der Waals surface area contributed by atoms with Crippen LogP contribution in [-0.4, -0.2) is 26.8 Å². The maximum absolute atomic E-state index is 12.6. The van der Waals surface area contributed by atoms with Crippen LogP contribution in [0.2, 0.25) is 5.02 Å². The maximum Gasteiger partial charge on any atom is 0.313 e. The number of carbonyl (C=O) groups is 1. The SMILES string of the molecule is Nc1nc(F)nc(SCC(=O)O)c1Cl. The molecule has 0 unspecified atom stereocenters. The van der Waals surface area contributed by atoms with E-state index in [4.69, 9.17) is 22.4 Å². The van der Waals surface area contributed by atoms with Crippen molar-refractivity contribution < 1.29 is 14.3 Å². The van der Waals surface area contributed by atoms with Crippen LogP contribution in [0.5, 0.6) is 0 Å². The minimum atomic E-state index is -1.05. The van der Waals surface area contributed by atoms with Gasteiger partial charge < -0.3 is 10.8 Å². The first-order chi connectivity index (χ1) is 6.50. The second-order valence-electron chi connectivity index (χ2n) is 2.18. The number of hydrogen-bond donors (Lipinski definition) is 2. The minimum Gasteiger partial charge on any atom is -0.481 e. The molecule has 0 bridgehead atoms. The lowest BCUT2D eigenvalue weighted by atomic mass is 10.6. The van der Waals surface area contributed by atoms with Crippen LogP contribution in [0, 0.1) is 6.08 Å². The van der Waals surface area contributed by atoms with Gasteiger partial charge in [0, 0.05) is 0 Å². The van der Waals surface area contributed by atoms with Crippen molar-refractivity contribution in [2.24, 2.45) is 0 Å². The normalized spacial score (nSPS) is 10.1. The summed E-state index contributed by atoms with van der Waals surface area (Å²) in [5.74, 6) is -1.52. The van der Waals surface area contributed by atoms with Crippen molar-refractivity contribution in [3.8, 4) is 0 Å². The maximum atomic E-state index is 12.6. The number of carboxylic acids is 1. The molecule has 76 valence electrons. The molecule has 0 aromatic carbocycles. The third-order valence-electron chi connectivity index (χ3n) is 1.15. The summed E-state index contributed by atoms with van der Waals surface area (Å²) in [4.78, 5) is 16.7. The lowest BCUT2D eigenvalue weighted by Crippen LogP contribution is -2.02. The molecule has 0 aliphatic rings. The number of carboxylic acid groups (broad SMARTS) is 1. The van der Waals surface area contributed by atoms with E-state index in [9.17, 15) is 9.18 Å². The summed E-state index contributed by atoms with van der Waals surface area (Å²) >= 11 is 6.40. The van der Waals surface area contributed by atoms with Gasteiger partial charge in [0.1, 0.15) is 15.9 Å². The number of anilines is 1. The topological polar surface area (TPSA) is 89.1 Å². The van der Waals surface area contributed by atoms with Gasteiger partial charge >= 0.3 is 12.0 Å². The summed E-state index contributed by atoms with van der Waals surface area (Å²) in [5, 5.41) is 8.37. The number of nitrogens with two attached hydrogens (primary N) is 1. The van der Waals surface area contributed by atoms with Crippen LogP contribution in [0.4, 0.5) is 10.2 Å². The highest BCUT2D eigenvalue weighted by atomic mass is 35.5. The second kappa shape index (κ2) is 4.43. The lowest BCUT2D eigenvalue weighted by Gasteiger charge is -2.02. The first-order valence-corrected chi connectivity index (χ1v) is 4.70. The summed E-state index contributed by atoms with van der Waals surface area (Å²) < 4.78 is 12.6. The first kappa shape index (κ1) is 11.0. The molecule has 0 saturated heterocycles. The van der Waals surface area contributed by atoms with E-state index in [1.165, 1.54) is 0 Å². The van der Waals surface area contributed by atoms with E-state index >= 15 is 0 Å². The Labute approximate surface area is 87.5 Å². The van der Waals surface area contributed by atoms with Crippen molar-refractivity contribution in [3.05, 3.63) is 11.1 Å².